The molecular formula is C66H116O6. The fraction of sp³-hybridized carbons (Fsp3) is 0.773. The van der Waals surface area contributed by atoms with E-state index in [2.05, 4.69) is 93.7 Å². The van der Waals surface area contributed by atoms with Crippen molar-refractivity contribution < 1.29 is 28.6 Å². The summed E-state index contributed by atoms with van der Waals surface area (Å²) < 4.78 is 16.9. The lowest BCUT2D eigenvalue weighted by Gasteiger charge is -2.18. The summed E-state index contributed by atoms with van der Waals surface area (Å²) in [6.45, 7) is 6.53. The molecule has 0 aliphatic carbocycles. The molecule has 0 aliphatic rings. The van der Waals surface area contributed by atoms with Crippen molar-refractivity contribution in [3.05, 3.63) is 72.9 Å². The molecule has 0 amide bonds. The zero-order valence-corrected chi connectivity index (χ0v) is 47.7. The van der Waals surface area contributed by atoms with Crippen LogP contribution < -0.4 is 0 Å². The van der Waals surface area contributed by atoms with E-state index in [1.54, 1.807) is 0 Å². The lowest BCUT2D eigenvalue weighted by Crippen LogP contribution is -2.30. The Kier molecular flexibility index (Phi) is 57.8. The molecule has 0 aromatic carbocycles. The van der Waals surface area contributed by atoms with E-state index in [1.165, 1.54) is 173 Å². The summed E-state index contributed by atoms with van der Waals surface area (Å²) >= 11 is 0. The van der Waals surface area contributed by atoms with Crippen molar-refractivity contribution in [3.63, 3.8) is 0 Å². The maximum Gasteiger partial charge on any atom is 0.306 e. The average Bonchev–Trinajstić information content (AvgIpc) is 3.38. The van der Waals surface area contributed by atoms with Gasteiger partial charge in [-0.3, -0.25) is 14.4 Å². The SMILES string of the molecule is CC/C=C\C/C=C\C/C=C\C/C=C\C/C=C\CCCCCC(=O)OC[C@@H](COC(=O)CCCCCCCCCCCCCCCCCC)OC(=O)CCCCCCCCC/C=C\CCCCCCCCCC. The number of ether oxygens (including phenoxy) is 3. The van der Waals surface area contributed by atoms with E-state index in [9.17, 15) is 14.4 Å². The van der Waals surface area contributed by atoms with Gasteiger partial charge in [-0.1, -0.05) is 273 Å². The van der Waals surface area contributed by atoms with Crippen LogP contribution in [0.5, 0.6) is 0 Å². The molecule has 0 unspecified atom stereocenters. The van der Waals surface area contributed by atoms with E-state index in [-0.39, 0.29) is 31.1 Å². The van der Waals surface area contributed by atoms with Crippen LogP contribution in [0.2, 0.25) is 0 Å². The van der Waals surface area contributed by atoms with Crippen LogP contribution in [0.4, 0.5) is 0 Å². The van der Waals surface area contributed by atoms with E-state index in [0.29, 0.717) is 19.3 Å². The smallest absolute Gasteiger partial charge is 0.306 e. The maximum absolute atomic E-state index is 12.9. The van der Waals surface area contributed by atoms with Gasteiger partial charge in [-0.05, 0) is 89.9 Å². The van der Waals surface area contributed by atoms with Crippen molar-refractivity contribution in [1.82, 2.24) is 0 Å². The first-order valence-corrected chi connectivity index (χ1v) is 30.9. The molecule has 0 rings (SSSR count). The van der Waals surface area contributed by atoms with Gasteiger partial charge < -0.3 is 14.2 Å². The van der Waals surface area contributed by atoms with Crippen LogP contribution in [-0.4, -0.2) is 37.2 Å². The molecular weight excluding hydrogens is 889 g/mol. The summed E-state index contributed by atoms with van der Waals surface area (Å²) in [7, 11) is 0. The van der Waals surface area contributed by atoms with Gasteiger partial charge in [0.25, 0.3) is 0 Å². The van der Waals surface area contributed by atoms with Gasteiger partial charge in [-0.25, -0.2) is 0 Å². The molecule has 0 heterocycles. The summed E-state index contributed by atoms with van der Waals surface area (Å²) in [4.78, 5) is 38.3. The highest BCUT2D eigenvalue weighted by atomic mass is 16.6. The first-order valence-electron chi connectivity index (χ1n) is 30.9. The molecule has 1 atom stereocenters. The number of carbonyl (C=O) groups is 3. The lowest BCUT2D eigenvalue weighted by molar-refractivity contribution is -0.167. The zero-order chi connectivity index (χ0) is 52.2. The number of hydrogen-bond acceptors (Lipinski definition) is 6. The van der Waals surface area contributed by atoms with Crippen LogP contribution in [-0.2, 0) is 28.6 Å². The van der Waals surface area contributed by atoms with Gasteiger partial charge in [0.2, 0.25) is 0 Å². The van der Waals surface area contributed by atoms with Crippen LogP contribution in [0, 0.1) is 0 Å². The van der Waals surface area contributed by atoms with E-state index in [0.717, 1.165) is 96.3 Å². The van der Waals surface area contributed by atoms with E-state index < -0.39 is 6.10 Å². The van der Waals surface area contributed by atoms with Crippen LogP contribution in [0.25, 0.3) is 0 Å². The quantitative estimate of drug-likeness (QED) is 0.0261. The van der Waals surface area contributed by atoms with Crippen molar-refractivity contribution in [1.29, 1.82) is 0 Å². The molecule has 0 radical (unpaired) electrons. The number of rotatable bonds is 56. The Morgan fingerprint density at radius 3 is 0.875 bits per heavy atom. The summed E-state index contributed by atoms with van der Waals surface area (Å²) in [5.41, 5.74) is 0. The minimum absolute atomic E-state index is 0.0850. The zero-order valence-electron chi connectivity index (χ0n) is 47.7. The monoisotopic (exact) mass is 1000 g/mol. The predicted molar refractivity (Wildman–Crippen MR) is 311 cm³/mol. The molecule has 416 valence electrons. The Morgan fingerprint density at radius 1 is 0.292 bits per heavy atom. The van der Waals surface area contributed by atoms with E-state index >= 15 is 0 Å². The molecule has 0 aliphatic heterocycles. The molecule has 72 heavy (non-hydrogen) atoms. The molecule has 0 aromatic heterocycles. The third-order valence-corrected chi connectivity index (χ3v) is 13.4. The molecule has 0 saturated carbocycles. The molecule has 0 aromatic rings. The largest absolute Gasteiger partial charge is 0.462 e. The molecule has 6 heteroatoms. The van der Waals surface area contributed by atoms with E-state index in [4.69, 9.17) is 14.2 Å². The third-order valence-electron chi connectivity index (χ3n) is 13.4. The van der Waals surface area contributed by atoms with Crippen LogP contribution >= 0.6 is 0 Å². The first-order chi connectivity index (χ1) is 35.5. The van der Waals surface area contributed by atoms with Gasteiger partial charge in [0.05, 0.1) is 0 Å². The highest BCUT2D eigenvalue weighted by Gasteiger charge is 2.19. The van der Waals surface area contributed by atoms with Gasteiger partial charge in [-0.15, -0.1) is 0 Å². The second kappa shape index (κ2) is 60.4. The summed E-state index contributed by atoms with van der Waals surface area (Å²) in [5, 5.41) is 0. The molecule has 0 N–H and O–H groups in total. The predicted octanol–water partition coefficient (Wildman–Crippen LogP) is 20.9. The average molecular weight is 1010 g/mol. The molecule has 0 spiro atoms. The first kappa shape index (κ1) is 68.8. The Labute approximate surface area is 446 Å². The highest BCUT2D eigenvalue weighted by molar-refractivity contribution is 5.71. The normalized spacial score (nSPS) is 12.5. The Morgan fingerprint density at radius 2 is 0.542 bits per heavy atom. The van der Waals surface area contributed by atoms with Crippen molar-refractivity contribution in [2.45, 2.75) is 316 Å². The molecule has 0 bridgehead atoms. The second-order valence-corrected chi connectivity index (χ2v) is 20.6. The van der Waals surface area contributed by atoms with Crippen molar-refractivity contribution in [2.24, 2.45) is 0 Å². The third kappa shape index (κ3) is 57.7. The summed E-state index contributed by atoms with van der Waals surface area (Å²) in [6, 6.07) is 0. The van der Waals surface area contributed by atoms with Crippen LogP contribution in [0.1, 0.15) is 310 Å². The Hall–Kier alpha value is -3.15. The number of hydrogen-bond donors (Lipinski definition) is 0. The Balaban J connectivity index is 4.42. The van der Waals surface area contributed by atoms with E-state index in [1.807, 2.05) is 0 Å². The number of esters is 3. The second-order valence-electron chi connectivity index (χ2n) is 20.6. The molecule has 0 saturated heterocycles. The van der Waals surface area contributed by atoms with Crippen molar-refractivity contribution in [2.75, 3.05) is 13.2 Å². The minimum atomic E-state index is -0.791. The van der Waals surface area contributed by atoms with Crippen LogP contribution in [0.15, 0.2) is 72.9 Å². The molecule has 0 fully saturated rings. The van der Waals surface area contributed by atoms with Gasteiger partial charge in [-0.2, -0.15) is 0 Å². The highest BCUT2D eigenvalue weighted by Crippen LogP contribution is 2.16. The van der Waals surface area contributed by atoms with Gasteiger partial charge >= 0.3 is 17.9 Å². The lowest BCUT2D eigenvalue weighted by atomic mass is 10.0. The number of carbonyl (C=O) groups excluding carboxylic acids is 3. The summed E-state index contributed by atoms with van der Waals surface area (Å²) in [5.74, 6) is -0.908. The van der Waals surface area contributed by atoms with Crippen molar-refractivity contribution in [3.8, 4) is 0 Å². The van der Waals surface area contributed by atoms with Crippen molar-refractivity contribution >= 4 is 17.9 Å². The topological polar surface area (TPSA) is 78.9 Å². The Bertz CT molecular complexity index is 1340. The standard InChI is InChI=1S/C66H116O6/c1-4-7-10-13-16-19-22-25-28-31-33-35-38-41-44-47-50-53-56-59-65(68)71-62-63(61-70-64(67)58-55-52-49-46-43-40-37-30-27-24-21-18-15-12-9-6-3)72-66(69)60-57-54-51-48-45-42-39-36-34-32-29-26-23-20-17-14-11-8-5-2/h7,10,16,19,25,28,32-35,41,44,63H,4-6,8-9,11-15,17-18,20-24,26-27,29-31,36-40,42-43,45-62H2,1-3H3/b10-7-,19-16-,28-25-,34-32-,35-33-,44-41-/t63-/m1/s1. The fourth-order valence-electron chi connectivity index (χ4n) is 8.82. The molecule has 6 nitrogen and oxygen atoms in total. The van der Waals surface area contributed by atoms with Gasteiger partial charge in [0.1, 0.15) is 13.2 Å². The van der Waals surface area contributed by atoms with Gasteiger partial charge in [0, 0.05) is 19.3 Å². The number of unbranched alkanes of at least 4 members (excludes halogenated alkanes) is 33. The van der Waals surface area contributed by atoms with Crippen LogP contribution in [0.3, 0.4) is 0 Å². The van der Waals surface area contributed by atoms with Gasteiger partial charge in [0.15, 0.2) is 6.10 Å². The maximum atomic E-state index is 12.9. The minimum Gasteiger partial charge on any atom is -0.462 e. The fourth-order valence-corrected chi connectivity index (χ4v) is 8.82. The summed E-state index contributed by atoms with van der Waals surface area (Å²) in [6.07, 6.45) is 77.5. The number of allylic oxidation sites excluding steroid dienone is 12.